The van der Waals surface area contributed by atoms with E-state index in [0.717, 1.165) is 0 Å². The van der Waals surface area contributed by atoms with Gasteiger partial charge in [-0.15, -0.1) is 0 Å². The first-order chi connectivity index (χ1) is 9.22. The van der Waals surface area contributed by atoms with Gasteiger partial charge in [0, 0.05) is 32.9 Å². The van der Waals surface area contributed by atoms with Gasteiger partial charge in [0.2, 0.25) is 0 Å². The average molecular weight is 267 g/mol. The summed E-state index contributed by atoms with van der Waals surface area (Å²) in [5.41, 5.74) is 0.603. The Balaban J connectivity index is 2.77. The summed E-state index contributed by atoms with van der Waals surface area (Å²) in [6.45, 7) is 2.07. The van der Waals surface area contributed by atoms with Gasteiger partial charge in [-0.1, -0.05) is 6.07 Å². The van der Waals surface area contributed by atoms with Crippen molar-refractivity contribution in [2.24, 2.45) is 0 Å². The third-order valence-electron chi connectivity index (χ3n) is 2.73. The number of ether oxygens (including phenoxy) is 3. The Morgan fingerprint density at radius 2 is 1.74 bits per heavy atom. The van der Waals surface area contributed by atoms with Crippen molar-refractivity contribution in [2.75, 3.05) is 47.6 Å². The van der Waals surface area contributed by atoms with Crippen molar-refractivity contribution in [1.82, 2.24) is 4.90 Å². The van der Waals surface area contributed by atoms with Crippen LogP contribution in [0.3, 0.4) is 0 Å². The summed E-state index contributed by atoms with van der Waals surface area (Å²) in [7, 11) is 4.81. The van der Waals surface area contributed by atoms with Gasteiger partial charge in [0.05, 0.1) is 20.3 Å². The minimum Gasteiger partial charge on any atom is -0.497 e. The molecule has 0 fully saturated rings. The summed E-state index contributed by atoms with van der Waals surface area (Å²) in [5.74, 6) is 0.622. The first-order valence-electron chi connectivity index (χ1n) is 6.14. The molecule has 0 bridgehead atoms. The maximum atomic E-state index is 12.4. The molecule has 0 heterocycles. The van der Waals surface area contributed by atoms with Gasteiger partial charge in [0.15, 0.2) is 0 Å². The summed E-state index contributed by atoms with van der Waals surface area (Å²) >= 11 is 0. The number of methoxy groups -OCH3 is 3. The predicted molar refractivity (Wildman–Crippen MR) is 72.6 cm³/mol. The van der Waals surface area contributed by atoms with E-state index in [1.165, 1.54) is 0 Å². The van der Waals surface area contributed by atoms with E-state index in [-0.39, 0.29) is 5.91 Å². The molecular weight excluding hydrogens is 246 g/mol. The van der Waals surface area contributed by atoms with Gasteiger partial charge in [-0.3, -0.25) is 4.79 Å². The van der Waals surface area contributed by atoms with E-state index in [9.17, 15) is 4.79 Å². The fourth-order valence-corrected chi connectivity index (χ4v) is 1.66. The van der Waals surface area contributed by atoms with Crippen LogP contribution in [0, 0.1) is 0 Å². The molecule has 0 spiro atoms. The summed E-state index contributed by atoms with van der Waals surface area (Å²) in [4.78, 5) is 14.1. The Morgan fingerprint density at radius 1 is 1.11 bits per heavy atom. The molecule has 0 radical (unpaired) electrons. The third kappa shape index (κ3) is 4.89. The van der Waals surface area contributed by atoms with Crippen LogP contribution in [0.4, 0.5) is 0 Å². The number of nitrogens with zero attached hydrogens (tertiary/aromatic N) is 1. The van der Waals surface area contributed by atoms with Crippen LogP contribution in [0.25, 0.3) is 0 Å². The molecule has 0 unspecified atom stereocenters. The second-order valence-corrected chi connectivity index (χ2v) is 4.01. The first kappa shape index (κ1) is 15.5. The van der Waals surface area contributed by atoms with Gasteiger partial charge in [-0.25, -0.2) is 0 Å². The number of carbonyl (C=O) groups is 1. The number of carbonyl (C=O) groups excluding carboxylic acids is 1. The lowest BCUT2D eigenvalue weighted by Gasteiger charge is -2.22. The number of rotatable bonds is 8. The SMILES string of the molecule is COCCN(CCOC)C(=O)c1cccc(OC)c1. The zero-order valence-electron chi connectivity index (χ0n) is 11.7. The molecule has 0 aromatic heterocycles. The highest BCUT2D eigenvalue weighted by molar-refractivity contribution is 5.94. The lowest BCUT2D eigenvalue weighted by atomic mass is 10.2. The van der Waals surface area contributed by atoms with E-state index in [1.807, 2.05) is 6.07 Å². The van der Waals surface area contributed by atoms with Gasteiger partial charge < -0.3 is 19.1 Å². The van der Waals surface area contributed by atoms with E-state index in [1.54, 1.807) is 44.4 Å². The molecule has 5 heteroatoms. The number of hydrogen-bond acceptors (Lipinski definition) is 4. The van der Waals surface area contributed by atoms with Crippen LogP contribution in [0.5, 0.6) is 5.75 Å². The van der Waals surface area contributed by atoms with E-state index >= 15 is 0 Å². The van der Waals surface area contributed by atoms with Crippen molar-refractivity contribution in [2.45, 2.75) is 0 Å². The normalized spacial score (nSPS) is 10.3. The van der Waals surface area contributed by atoms with Gasteiger partial charge in [-0.05, 0) is 18.2 Å². The monoisotopic (exact) mass is 267 g/mol. The standard InChI is InChI=1S/C14H21NO4/c1-17-9-7-15(8-10-18-2)14(16)12-5-4-6-13(11-12)19-3/h4-6,11H,7-10H2,1-3H3. The molecule has 1 amide bonds. The highest BCUT2D eigenvalue weighted by Gasteiger charge is 2.15. The Bertz CT molecular complexity index is 387. The summed E-state index contributed by atoms with van der Waals surface area (Å²) < 4.78 is 15.2. The van der Waals surface area contributed by atoms with Crippen LogP contribution in [-0.2, 0) is 9.47 Å². The fraction of sp³-hybridized carbons (Fsp3) is 0.500. The Kier molecular flexibility index (Phi) is 6.92. The smallest absolute Gasteiger partial charge is 0.254 e. The average Bonchev–Trinajstić information content (AvgIpc) is 2.47. The Labute approximate surface area is 114 Å². The fourth-order valence-electron chi connectivity index (χ4n) is 1.66. The topological polar surface area (TPSA) is 48.0 Å². The Hall–Kier alpha value is -1.59. The lowest BCUT2D eigenvalue weighted by Crippen LogP contribution is -2.36. The molecule has 1 aromatic rings. The highest BCUT2D eigenvalue weighted by atomic mass is 16.5. The van der Waals surface area contributed by atoms with Crippen molar-refractivity contribution in [3.8, 4) is 5.75 Å². The minimum atomic E-state index is -0.0481. The zero-order valence-corrected chi connectivity index (χ0v) is 11.7. The van der Waals surface area contributed by atoms with Gasteiger partial charge in [0.1, 0.15) is 5.75 Å². The van der Waals surface area contributed by atoms with Crippen molar-refractivity contribution < 1.29 is 19.0 Å². The lowest BCUT2D eigenvalue weighted by molar-refractivity contribution is 0.0627. The molecule has 106 valence electrons. The van der Waals surface area contributed by atoms with Gasteiger partial charge >= 0.3 is 0 Å². The summed E-state index contributed by atoms with van der Waals surface area (Å²) in [5, 5.41) is 0. The molecule has 0 N–H and O–H groups in total. The summed E-state index contributed by atoms with van der Waals surface area (Å²) in [6, 6.07) is 7.12. The summed E-state index contributed by atoms with van der Waals surface area (Å²) in [6.07, 6.45) is 0. The molecule has 19 heavy (non-hydrogen) atoms. The van der Waals surface area contributed by atoms with E-state index < -0.39 is 0 Å². The van der Waals surface area contributed by atoms with Crippen molar-refractivity contribution in [1.29, 1.82) is 0 Å². The van der Waals surface area contributed by atoms with Crippen LogP contribution in [0.2, 0.25) is 0 Å². The van der Waals surface area contributed by atoms with Gasteiger partial charge in [0.25, 0.3) is 5.91 Å². The number of hydrogen-bond donors (Lipinski definition) is 0. The first-order valence-corrected chi connectivity index (χ1v) is 6.14. The van der Waals surface area contributed by atoms with Crippen LogP contribution >= 0.6 is 0 Å². The molecule has 0 aliphatic carbocycles. The minimum absolute atomic E-state index is 0.0481. The predicted octanol–water partition coefficient (Wildman–Crippen LogP) is 1.43. The third-order valence-corrected chi connectivity index (χ3v) is 2.73. The van der Waals surface area contributed by atoms with Crippen LogP contribution in [0.15, 0.2) is 24.3 Å². The van der Waals surface area contributed by atoms with Crippen molar-refractivity contribution in [3.05, 3.63) is 29.8 Å². The number of benzene rings is 1. The molecule has 0 aliphatic rings. The van der Waals surface area contributed by atoms with Gasteiger partial charge in [-0.2, -0.15) is 0 Å². The molecule has 0 saturated carbocycles. The quantitative estimate of drug-likeness (QED) is 0.715. The molecule has 5 nitrogen and oxygen atoms in total. The van der Waals surface area contributed by atoms with Crippen LogP contribution in [0.1, 0.15) is 10.4 Å². The van der Waals surface area contributed by atoms with Crippen molar-refractivity contribution >= 4 is 5.91 Å². The number of amides is 1. The molecule has 0 aliphatic heterocycles. The molecular formula is C14H21NO4. The maximum Gasteiger partial charge on any atom is 0.254 e. The highest BCUT2D eigenvalue weighted by Crippen LogP contribution is 2.14. The van der Waals surface area contributed by atoms with Crippen LogP contribution in [-0.4, -0.2) is 58.4 Å². The van der Waals surface area contributed by atoms with E-state index in [4.69, 9.17) is 14.2 Å². The second-order valence-electron chi connectivity index (χ2n) is 4.01. The molecule has 1 rings (SSSR count). The zero-order chi connectivity index (χ0) is 14.1. The second kappa shape index (κ2) is 8.50. The van der Waals surface area contributed by atoms with E-state index in [2.05, 4.69) is 0 Å². The van der Waals surface area contributed by atoms with Crippen molar-refractivity contribution in [3.63, 3.8) is 0 Å². The van der Waals surface area contributed by atoms with Crippen LogP contribution < -0.4 is 4.74 Å². The maximum absolute atomic E-state index is 12.4. The van der Waals surface area contributed by atoms with E-state index in [0.29, 0.717) is 37.6 Å². The molecule has 0 atom stereocenters. The largest absolute Gasteiger partial charge is 0.497 e. The molecule has 1 aromatic carbocycles. The molecule has 0 saturated heterocycles. The Morgan fingerprint density at radius 3 is 2.26 bits per heavy atom.